The van der Waals surface area contributed by atoms with Gasteiger partial charge < -0.3 is 15.2 Å². The molecule has 2 aromatic rings. The maximum Gasteiger partial charge on any atom is 0.251 e. The molecule has 110 valence electrons. The normalized spacial score (nSPS) is 10.1. The van der Waals surface area contributed by atoms with Crippen molar-refractivity contribution in [2.24, 2.45) is 0 Å². The number of aryl methyl sites for hydroxylation is 1. The molecule has 0 saturated heterocycles. The topological polar surface area (TPSA) is 97.1 Å². The van der Waals surface area contributed by atoms with Gasteiger partial charge in [-0.15, -0.1) is 0 Å². The number of nitrogens with zero attached hydrogens (tertiary/aromatic N) is 2. The van der Waals surface area contributed by atoms with Gasteiger partial charge in [-0.3, -0.25) is 9.59 Å². The van der Waals surface area contributed by atoms with E-state index in [-0.39, 0.29) is 18.2 Å². The van der Waals surface area contributed by atoms with Crippen molar-refractivity contribution >= 4 is 11.8 Å². The molecule has 0 spiro atoms. The number of hydrogen-bond acceptors (Lipinski definition) is 5. The average molecular weight is 288 g/mol. The van der Waals surface area contributed by atoms with Crippen LogP contribution in [0.3, 0.4) is 0 Å². The Morgan fingerprint density at radius 1 is 1.14 bits per heavy atom. The third-order valence-electron chi connectivity index (χ3n) is 2.66. The summed E-state index contributed by atoms with van der Waals surface area (Å²) >= 11 is 0. The highest BCUT2D eigenvalue weighted by Crippen LogP contribution is 1.97. The van der Waals surface area contributed by atoms with Crippen molar-refractivity contribution in [2.45, 2.75) is 13.3 Å². The van der Waals surface area contributed by atoms with Crippen molar-refractivity contribution < 1.29 is 14.1 Å². The van der Waals surface area contributed by atoms with E-state index in [0.29, 0.717) is 30.4 Å². The molecule has 0 bridgehead atoms. The van der Waals surface area contributed by atoms with Crippen LogP contribution in [-0.4, -0.2) is 35.0 Å². The highest BCUT2D eigenvalue weighted by Gasteiger charge is 2.09. The summed E-state index contributed by atoms with van der Waals surface area (Å²) in [5.74, 6) is 0.384. The predicted molar refractivity (Wildman–Crippen MR) is 74.5 cm³/mol. The zero-order valence-corrected chi connectivity index (χ0v) is 11.6. The number of carbonyl (C=O) groups is 2. The van der Waals surface area contributed by atoms with E-state index in [4.69, 9.17) is 4.52 Å². The van der Waals surface area contributed by atoms with Gasteiger partial charge >= 0.3 is 0 Å². The van der Waals surface area contributed by atoms with Crippen LogP contribution in [-0.2, 0) is 11.2 Å². The van der Waals surface area contributed by atoms with Crippen LogP contribution in [0.1, 0.15) is 22.1 Å². The molecule has 7 nitrogen and oxygen atoms in total. The van der Waals surface area contributed by atoms with Crippen molar-refractivity contribution in [1.82, 2.24) is 20.8 Å². The Balaban J connectivity index is 1.65. The Morgan fingerprint density at radius 3 is 2.52 bits per heavy atom. The first-order valence-electron chi connectivity index (χ1n) is 6.54. The van der Waals surface area contributed by atoms with E-state index in [1.54, 1.807) is 31.2 Å². The van der Waals surface area contributed by atoms with Gasteiger partial charge in [0.2, 0.25) is 11.8 Å². The van der Waals surface area contributed by atoms with E-state index in [2.05, 4.69) is 20.8 Å². The first-order valence-corrected chi connectivity index (χ1v) is 6.54. The molecule has 1 aromatic carbocycles. The van der Waals surface area contributed by atoms with Crippen LogP contribution >= 0.6 is 0 Å². The van der Waals surface area contributed by atoms with Crippen LogP contribution in [0.25, 0.3) is 0 Å². The van der Waals surface area contributed by atoms with Gasteiger partial charge in [0.1, 0.15) is 0 Å². The maximum absolute atomic E-state index is 11.7. The third kappa shape index (κ3) is 4.72. The number of hydrogen-bond donors (Lipinski definition) is 2. The number of nitrogens with one attached hydrogen (secondary N) is 2. The van der Waals surface area contributed by atoms with Crippen LogP contribution in [0.15, 0.2) is 34.9 Å². The second-order valence-electron chi connectivity index (χ2n) is 4.38. The van der Waals surface area contributed by atoms with E-state index in [0.717, 1.165) is 0 Å². The number of benzene rings is 1. The molecule has 1 aromatic heterocycles. The molecular weight excluding hydrogens is 272 g/mol. The van der Waals surface area contributed by atoms with E-state index in [1.165, 1.54) is 0 Å². The molecule has 0 atom stereocenters. The highest BCUT2D eigenvalue weighted by molar-refractivity contribution is 5.94. The number of rotatable bonds is 6. The summed E-state index contributed by atoms with van der Waals surface area (Å²) in [5, 5.41) is 9.03. The molecule has 0 aliphatic heterocycles. The molecule has 7 heteroatoms. The minimum absolute atomic E-state index is 0.0595. The smallest absolute Gasteiger partial charge is 0.251 e. The van der Waals surface area contributed by atoms with E-state index in [1.807, 2.05) is 6.07 Å². The Bertz CT molecular complexity index is 610. The van der Waals surface area contributed by atoms with Gasteiger partial charge in [0.15, 0.2) is 5.82 Å². The van der Waals surface area contributed by atoms with Gasteiger partial charge in [0.05, 0.1) is 6.42 Å². The summed E-state index contributed by atoms with van der Waals surface area (Å²) in [6.07, 6.45) is 0.0595. The lowest BCUT2D eigenvalue weighted by Gasteiger charge is -2.06. The predicted octanol–water partition coefficient (Wildman–Crippen LogP) is 0.467. The molecular formula is C14H16N4O3. The molecule has 0 unspecified atom stereocenters. The average Bonchev–Trinajstić information content (AvgIpc) is 2.89. The van der Waals surface area contributed by atoms with Gasteiger partial charge in [-0.2, -0.15) is 4.98 Å². The fourth-order valence-corrected chi connectivity index (χ4v) is 1.69. The lowest BCUT2D eigenvalue weighted by Crippen LogP contribution is -2.35. The minimum atomic E-state index is -0.218. The molecule has 0 aliphatic rings. The van der Waals surface area contributed by atoms with E-state index < -0.39 is 0 Å². The Morgan fingerprint density at radius 2 is 1.86 bits per heavy atom. The summed E-state index contributed by atoms with van der Waals surface area (Å²) < 4.78 is 4.77. The van der Waals surface area contributed by atoms with Crippen molar-refractivity contribution in [3.8, 4) is 0 Å². The third-order valence-corrected chi connectivity index (χ3v) is 2.66. The molecule has 1 heterocycles. The fraction of sp³-hybridized carbons (Fsp3) is 0.286. The van der Waals surface area contributed by atoms with Crippen LogP contribution in [0.4, 0.5) is 0 Å². The van der Waals surface area contributed by atoms with Gasteiger partial charge in [-0.05, 0) is 12.1 Å². The first-order chi connectivity index (χ1) is 10.1. The monoisotopic (exact) mass is 288 g/mol. The zero-order valence-electron chi connectivity index (χ0n) is 11.6. The summed E-state index contributed by atoms with van der Waals surface area (Å²) in [7, 11) is 0. The number of carbonyl (C=O) groups excluding carboxylic acids is 2. The molecule has 2 N–H and O–H groups in total. The van der Waals surface area contributed by atoms with Gasteiger partial charge in [0, 0.05) is 25.6 Å². The van der Waals surface area contributed by atoms with Crippen LogP contribution in [0.2, 0.25) is 0 Å². The second-order valence-corrected chi connectivity index (χ2v) is 4.38. The quantitative estimate of drug-likeness (QED) is 0.753. The van der Waals surface area contributed by atoms with E-state index in [9.17, 15) is 9.59 Å². The van der Waals surface area contributed by atoms with Gasteiger partial charge in [-0.25, -0.2) is 0 Å². The molecule has 0 radical (unpaired) electrons. The second kappa shape index (κ2) is 7.18. The Hall–Kier alpha value is -2.70. The Kier molecular flexibility index (Phi) is 5.03. The zero-order chi connectivity index (χ0) is 15.1. The summed E-state index contributed by atoms with van der Waals surface area (Å²) in [4.78, 5) is 27.3. The standard InChI is InChI=1S/C14H16N4O3/c1-10-17-12(18-21-10)9-13(19)15-7-8-16-14(20)11-5-3-2-4-6-11/h2-6H,7-9H2,1H3,(H,15,19)(H,16,20). The maximum atomic E-state index is 11.7. The lowest BCUT2D eigenvalue weighted by molar-refractivity contribution is -0.120. The highest BCUT2D eigenvalue weighted by atomic mass is 16.5. The molecule has 0 fully saturated rings. The van der Waals surface area contributed by atoms with Crippen molar-refractivity contribution in [1.29, 1.82) is 0 Å². The SMILES string of the molecule is Cc1nc(CC(=O)NCCNC(=O)c2ccccc2)no1. The van der Waals surface area contributed by atoms with Crippen LogP contribution in [0.5, 0.6) is 0 Å². The first kappa shape index (κ1) is 14.7. The van der Waals surface area contributed by atoms with Crippen molar-refractivity contribution in [2.75, 3.05) is 13.1 Å². The summed E-state index contributed by atoms with van der Waals surface area (Å²) in [6, 6.07) is 8.89. The van der Waals surface area contributed by atoms with E-state index >= 15 is 0 Å². The van der Waals surface area contributed by atoms with Crippen molar-refractivity contribution in [3.05, 3.63) is 47.6 Å². The number of amides is 2. The summed E-state index contributed by atoms with van der Waals surface area (Å²) in [6.45, 7) is 2.35. The van der Waals surface area contributed by atoms with Crippen molar-refractivity contribution in [3.63, 3.8) is 0 Å². The molecule has 2 amide bonds. The largest absolute Gasteiger partial charge is 0.354 e. The van der Waals surface area contributed by atoms with Crippen LogP contribution in [0, 0.1) is 6.92 Å². The minimum Gasteiger partial charge on any atom is -0.354 e. The Labute approximate surface area is 121 Å². The van der Waals surface area contributed by atoms with Gasteiger partial charge in [0.25, 0.3) is 5.91 Å². The van der Waals surface area contributed by atoms with Gasteiger partial charge in [-0.1, -0.05) is 23.4 Å². The fourth-order valence-electron chi connectivity index (χ4n) is 1.69. The summed E-state index contributed by atoms with van der Waals surface area (Å²) in [5.41, 5.74) is 0.589. The lowest BCUT2D eigenvalue weighted by atomic mass is 10.2. The molecule has 0 aliphatic carbocycles. The molecule has 2 rings (SSSR count). The molecule has 0 saturated carbocycles. The number of aromatic nitrogens is 2. The van der Waals surface area contributed by atoms with Crippen LogP contribution < -0.4 is 10.6 Å². The molecule has 21 heavy (non-hydrogen) atoms.